The van der Waals surface area contributed by atoms with Crippen LogP contribution in [0.3, 0.4) is 0 Å². The average Bonchev–Trinajstić information content (AvgIpc) is 2.84. The van der Waals surface area contributed by atoms with Crippen LogP contribution in [-0.2, 0) is 28.5 Å². The lowest BCUT2D eigenvalue weighted by Gasteiger charge is -2.33. The topological polar surface area (TPSA) is 137 Å². The van der Waals surface area contributed by atoms with Gasteiger partial charge in [-0.25, -0.2) is 4.79 Å². The Balaban J connectivity index is 2.38. The number of ether oxygens (including phenoxy) is 4. The standard InChI is InChI=1S/C17H19N3O7/c1-10(21)24-14-16(25-11(2)22)26-13(9-19-20-18)17(14,3)27-15(23)12-7-5-4-6-8-12/h4-8,13-14,16H,9H2,1-3H3/t13-,14+,16+,17+/m1/s1. The maximum Gasteiger partial charge on any atom is 0.338 e. The lowest BCUT2D eigenvalue weighted by Crippen LogP contribution is -2.52. The van der Waals surface area contributed by atoms with Gasteiger partial charge in [-0.1, -0.05) is 23.3 Å². The molecule has 0 bridgehead atoms. The predicted molar refractivity (Wildman–Crippen MR) is 90.3 cm³/mol. The molecule has 1 aliphatic rings. The number of hydrogen-bond donors (Lipinski definition) is 0. The molecule has 0 radical (unpaired) electrons. The Kier molecular flexibility index (Phi) is 6.38. The third-order valence-electron chi connectivity index (χ3n) is 3.96. The Morgan fingerprint density at radius 1 is 1.19 bits per heavy atom. The first kappa shape index (κ1) is 20.2. The molecule has 0 amide bonds. The maximum absolute atomic E-state index is 12.6. The van der Waals surface area contributed by atoms with E-state index in [-0.39, 0.29) is 12.1 Å². The minimum Gasteiger partial charge on any atom is -0.451 e. The predicted octanol–water partition coefficient (Wildman–Crippen LogP) is 2.13. The van der Waals surface area contributed by atoms with Gasteiger partial charge >= 0.3 is 17.9 Å². The van der Waals surface area contributed by atoms with E-state index < -0.39 is 42.0 Å². The fourth-order valence-electron chi connectivity index (χ4n) is 2.72. The van der Waals surface area contributed by atoms with Gasteiger partial charge in [0.05, 0.1) is 12.1 Å². The van der Waals surface area contributed by atoms with Crippen LogP contribution >= 0.6 is 0 Å². The summed E-state index contributed by atoms with van der Waals surface area (Å²) in [6, 6.07) is 8.15. The number of hydrogen-bond acceptors (Lipinski definition) is 8. The summed E-state index contributed by atoms with van der Waals surface area (Å²) in [5, 5.41) is 3.44. The van der Waals surface area contributed by atoms with Gasteiger partial charge in [-0.15, -0.1) is 0 Å². The zero-order valence-electron chi connectivity index (χ0n) is 15.0. The van der Waals surface area contributed by atoms with E-state index in [9.17, 15) is 14.4 Å². The maximum atomic E-state index is 12.6. The third kappa shape index (κ3) is 4.75. The van der Waals surface area contributed by atoms with Gasteiger partial charge in [-0.3, -0.25) is 9.59 Å². The highest BCUT2D eigenvalue weighted by Crippen LogP contribution is 2.38. The zero-order chi connectivity index (χ0) is 20.0. The fraction of sp³-hybridized carbons (Fsp3) is 0.471. The summed E-state index contributed by atoms with van der Waals surface area (Å²) in [5.74, 6) is -2.07. The minimum absolute atomic E-state index is 0.232. The molecular formula is C17H19N3O7. The van der Waals surface area contributed by atoms with Crippen molar-refractivity contribution in [2.75, 3.05) is 6.54 Å². The van der Waals surface area contributed by atoms with E-state index in [1.807, 2.05) is 0 Å². The molecule has 144 valence electrons. The van der Waals surface area contributed by atoms with Crippen LogP contribution < -0.4 is 0 Å². The van der Waals surface area contributed by atoms with Crippen molar-refractivity contribution in [2.45, 2.75) is 44.9 Å². The molecule has 1 saturated heterocycles. The molecule has 1 heterocycles. The van der Waals surface area contributed by atoms with Gasteiger partial charge in [0.15, 0.2) is 5.60 Å². The van der Waals surface area contributed by atoms with E-state index >= 15 is 0 Å². The SMILES string of the molecule is CC(=O)O[C@H]1O[C@H](CN=[N+]=[N-])[C@](C)(OC(=O)c2ccccc2)[C@H]1OC(C)=O. The molecule has 10 nitrogen and oxygen atoms in total. The van der Waals surface area contributed by atoms with Crippen molar-refractivity contribution >= 4 is 17.9 Å². The molecular weight excluding hydrogens is 358 g/mol. The van der Waals surface area contributed by atoms with Gasteiger partial charge in [-0.05, 0) is 24.6 Å². The molecule has 1 fully saturated rings. The Morgan fingerprint density at radius 3 is 2.37 bits per heavy atom. The van der Waals surface area contributed by atoms with Crippen LogP contribution in [-0.4, -0.2) is 48.6 Å². The van der Waals surface area contributed by atoms with E-state index in [0.717, 1.165) is 13.8 Å². The molecule has 1 aliphatic heterocycles. The first-order valence-corrected chi connectivity index (χ1v) is 8.07. The fourth-order valence-corrected chi connectivity index (χ4v) is 2.72. The Bertz CT molecular complexity index is 763. The number of benzene rings is 1. The smallest absolute Gasteiger partial charge is 0.338 e. The van der Waals surface area contributed by atoms with Gasteiger partial charge in [-0.2, -0.15) is 0 Å². The van der Waals surface area contributed by atoms with Gasteiger partial charge in [0.25, 0.3) is 0 Å². The molecule has 1 aromatic carbocycles. The van der Waals surface area contributed by atoms with Gasteiger partial charge in [0, 0.05) is 18.8 Å². The number of nitrogens with zero attached hydrogens (tertiary/aromatic N) is 3. The number of azide groups is 1. The number of carbonyl (C=O) groups is 3. The first-order valence-electron chi connectivity index (χ1n) is 8.07. The van der Waals surface area contributed by atoms with Gasteiger partial charge in [0.2, 0.25) is 12.4 Å². The Hall–Kier alpha value is -3.10. The molecule has 0 N–H and O–H groups in total. The van der Waals surface area contributed by atoms with Crippen molar-refractivity contribution in [2.24, 2.45) is 5.11 Å². The zero-order valence-corrected chi connectivity index (χ0v) is 15.0. The molecule has 1 aromatic rings. The lowest BCUT2D eigenvalue weighted by molar-refractivity contribution is -0.196. The van der Waals surface area contributed by atoms with Crippen molar-refractivity contribution in [1.82, 2.24) is 0 Å². The highest BCUT2D eigenvalue weighted by molar-refractivity contribution is 5.89. The molecule has 4 atom stereocenters. The van der Waals surface area contributed by atoms with Crippen LogP contribution in [0.2, 0.25) is 0 Å². The molecule has 0 aromatic heterocycles. The largest absolute Gasteiger partial charge is 0.451 e. The van der Waals surface area contributed by atoms with Crippen LogP contribution in [0.15, 0.2) is 35.4 Å². The van der Waals surface area contributed by atoms with E-state index in [2.05, 4.69) is 10.0 Å². The summed E-state index contributed by atoms with van der Waals surface area (Å²) < 4.78 is 21.5. The van der Waals surface area contributed by atoms with E-state index in [1.165, 1.54) is 6.92 Å². The summed E-state index contributed by atoms with van der Waals surface area (Å²) in [4.78, 5) is 38.1. The normalized spacial score (nSPS) is 26.6. The summed E-state index contributed by atoms with van der Waals surface area (Å²) in [7, 11) is 0. The molecule has 2 rings (SSSR count). The minimum atomic E-state index is -1.56. The van der Waals surface area contributed by atoms with E-state index in [1.54, 1.807) is 30.3 Å². The van der Waals surface area contributed by atoms with Crippen LogP contribution in [0.4, 0.5) is 0 Å². The number of carbonyl (C=O) groups excluding carboxylic acids is 3. The monoisotopic (exact) mass is 377 g/mol. The quantitative estimate of drug-likeness (QED) is 0.243. The summed E-state index contributed by atoms with van der Waals surface area (Å²) in [5.41, 5.74) is 7.30. The van der Waals surface area contributed by atoms with Crippen LogP contribution in [0, 0.1) is 0 Å². The summed E-state index contributed by atoms with van der Waals surface area (Å²) in [6.45, 7) is 3.54. The van der Waals surface area contributed by atoms with E-state index in [0.29, 0.717) is 0 Å². The second kappa shape index (κ2) is 8.52. The average molecular weight is 377 g/mol. The molecule has 0 saturated carbocycles. The van der Waals surface area contributed by atoms with Crippen LogP contribution in [0.25, 0.3) is 10.4 Å². The van der Waals surface area contributed by atoms with Crippen molar-refractivity contribution in [1.29, 1.82) is 0 Å². The highest BCUT2D eigenvalue weighted by Gasteiger charge is 2.60. The Labute approximate surface area is 155 Å². The van der Waals surface area contributed by atoms with E-state index in [4.69, 9.17) is 24.5 Å². The molecule has 27 heavy (non-hydrogen) atoms. The van der Waals surface area contributed by atoms with Crippen molar-refractivity contribution in [3.63, 3.8) is 0 Å². The molecule has 0 unspecified atom stereocenters. The lowest BCUT2D eigenvalue weighted by atomic mass is 9.94. The number of esters is 3. The molecule has 0 spiro atoms. The molecule has 10 heteroatoms. The summed E-state index contributed by atoms with van der Waals surface area (Å²) >= 11 is 0. The second-order valence-corrected chi connectivity index (χ2v) is 5.99. The van der Waals surface area contributed by atoms with Crippen molar-refractivity contribution in [3.8, 4) is 0 Å². The first-order chi connectivity index (χ1) is 12.8. The third-order valence-corrected chi connectivity index (χ3v) is 3.96. The van der Waals surface area contributed by atoms with Crippen LogP contribution in [0.1, 0.15) is 31.1 Å². The Morgan fingerprint density at radius 2 is 1.81 bits per heavy atom. The summed E-state index contributed by atoms with van der Waals surface area (Å²) in [6.07, 6.45) is -3.57. The van der Waals surface area contributed by atoms with Crippen molar-refractivity contribution < 1.29 is 33.3 Å². The number of rotatable bonds is 6. The highest BCUT2D eigenvalue weighted by atomic mass is 16.7. The van der Waals surface area contributed by atoms with Gasteiger partial charge in [0.1, 0.15) is 6.10 Å². The van der Waals surface area contributed by atoms with Gasteiger partial charge < -0.3 is 18.9 Å². The van der Waals surface area contributed by atoms with Crippen molar-refractivity contribution in [3.05, 3.63) is 46.3 Å². The van der Waals surface area contributed by atoms with Crippen LogP contribution in [0.5, 0.6) is 0 Å². The second-order valence-electron chi connectivity index (χ2n) is 5.99. The molecule has 0 aliphatic carbocycles.